The van der Waals surface area contributed by atoms with Crippen LogP contribution in [0, 0.1) is 5.41 Å². The number of nitrogens with one attached hydrogen (secondary N) is 1. The van der Waals surface area contributed by atoms with E-state index in [1.54, 1.807) is 0 Å². The number of rotatable bonds is 5. The Morgan fingerprint density at radius 2 is 1.89 bits per heavy atom. The van der Waals surface area contributed by atoms with Crippen molar-refractivity contribution in [2.24, 2.45) is 11.1 Å². The predicted molar refractivity (Wildman–Crippen MR) is 64.3 cm³/mol. The van der Waals surface area contributed by atoms with Crippen molar-refractivity contribution in [1.82, 2.24) is 5.32 Å². The number of hydrogen-bond donors (Lipinski definition) is 3. The lowest BCUT2D eigenvalue weighted by atomic mass is 9.71. The summed E-state index contributed by atoms with van der Waals surface area (Å²) in [7, 11) is 0. The summed E-state index contributed by atoms with van der Waals surface area (Å²) in [6.07, 6.45) is -2.33. The molecule has 0 aromatic rings. The number of hydrogen-bond acceptors (Lipinski definition) is 3. The van der Waals surface area contributed by atoms with Crippen molar-refractivity contribution in [3.63, 3.8) is 0 Å². The molecule has 1 unspecified atom stereocenters. The van der Waals surface area contributed by atoms with Crippen LogP contribution < -0.4 is 11.1 Å². The molecule has 0 bridgehead atoms. The molecular weight excluding hydrogens is 261 g/mol. The standard InChI is InChI=1S/C12H21F3N2O2/c13-12(14,15)9(18)7-17-10(19)6-11(8-16)4-2-1-3-5-11/h9,18H,1-8,16H2,(H,17,19). The molecule has 4 nitrogen and oxygen atoms in total. The van der Waals surface area contributed by atoms with Crippen LogP contribution in [-0.4, -0.2) is 36.4 Å². The van der Waals surface area contributed by atoms with Crippen molar-refractivity contribution in [2.75, 3.05) is 13.1 Å². The molecule has 0 spiro atoms. The average Bonchev–Trinajstić information content (AvgIpc) is 2.36. The van der Waals surface area contributed by atoms with Gasteiger partial charge in [0.15, 0.2) is 6.10 Å². The molecule has 0 aromatic carbocycles. The number of aliphatic hydroxyl groups excluding tert-OH is 1. The molecule has 1 fully saturated rings. The summed E-state index contributed by atoms with van der Waals surface area (Å²) in [5.41, 5.74) is 5.42. The van der Waals surface area contributed by atoms with Gasteiger partial charge in [-0.05, 0) is 24.8 Å². The quantitative estimate of drug-likeness (QED) is 0.712. The monoisotopic (exact) mass is 282 g/mol. The summed E-state index contributed by atoms with van der Waals surface area (Å²) in [6.45, 7) is -0.439. The highest BCUT2D eigenvalue weighted by molar-refractivity contribution is 5.76. The fraction of sp³-hybridized carbons (Fsp3) is 0.917. The largest absolute Gasteiger partial charge is 0.416 e. The molecule has 0 heterocycles. The van der Waals surface area contributed by atoms with E-state index in [2.05, 4.69) is 5.32 Å². The SMILES string of the molecule is NCC1(CC(=O)NCC(O)C(F)(F)F)CCCCC1. The van der Waals surface area contributed by atoms with Crippen molar-refractivity contribution in [1.29, 1.82) is 0 Å². The lowest BCUT2D eigenvalue weighted by Gasteiger charge is -2.35. The zero-order chi connectivity index (χ0) is 14.5. The number of nitrogens with two attached hydrogens (primary N) is 1. The Balaban J connectivity index is 2.41. The highest BCUT2D eigenvalue weighted by Gasteiger charge is 2.39. The first-order valence-corrected chi connectivity index (χ1v) is 6.51. The number of carbonyl (C=O) groups is 1. The van der Waals surface area contributed by atoms with E-state index >= 15 is 0 Å². The zero-order valence-electron chi connectivity index (χ0n) is 10.8. The van der Waals surface area contributed by atoms with Crippen LogP contribution in [0.4, 0.5) is 13.2 Å². The van der Waals surface area contributed by atoms with Gasteiger partial charge in [0.25, 0.3) is 0 Å². The molecule has 0 aromatic heterocycles. The van der Waals surface area contributed by atoms with E-state index in [0.29, 0.717) is 6.54 Å². The van der Waals surface area contributed by atoms with Crippen LogP contribution in [0.2, 0.25) is 0 Å². The fourth-order valence-electron chi connectivity index (χ4n) is 2.48. The van der Waals surface area contributed by atoms with Gasteiger partial charge in [-0.2, -0.15) is 13.2 Å². The molecule has 112 valence electrons. The molecule has 0 saturated heterocycles. The molecule has 1 aliphatic carbocycles. The van der Waals surface area contributed by atoms with Gasteiger partial charge in [0.1, 0.15) is 0 Å². The Labute approximate surface area is 110 Å². The molecule has 19 heavy (non-hydrogen) atoms. The van der Waals surface area contributed by atoms with E-state index in [9.17, 15) is 18.0 Å². The minimum absolute atomic E-state index is 0.133. The van der Waals surface area contributed by atoms with E-state index in [1.807, 2.05) is 0 Å². The molecular formula is C12H21F3N2O2. The second-order valence-electron chi connectivity index (χ2n) is 5.30. The summed E-state index contributed by atoms with van der Waals surface area (Å²) in [5, 5.41) is 10.9. The Kier molecular flexibility index (Phi) is 5.61. The molecule has 0 aliphatic heterocycles. The van der Waals surface area contributed by atoms with Crippen molar-refractivity contribution >= 4 is 5.91 Å². The topological polar surface area (TPSA) is 75.4 Å². The number of aliphatic hydroxyl groups is 1. The summed E-state index contributed by atoms with van der Waals surface area (Å²) in [5.74, 6) is -0.476. The maximum absolute atomic E-state index is 12.1. The average molecular weight is 282 g/mol. The second kappa shape index (κ2) is 6.56. The number of halogens is 3. The smallest absolute Gasteiger partial charge is 0.382 e. The van der Waals surface area contributed by atoms with Crippen LogP contribution in [-0.2, 0) is 4.79 Å². The second-order valence-corrected chi connectivity index (χ2v) is 5.30. The Morgan fingerprint density at radius 3 is 2.37 bits per heavy atom. The van der Waals surface area contributed by atoms with Gasteiger partial charge in [-0.3, -0.25) is 4.79 Å². The van der Waals surface area contributed by atoms with E-state index < -0.39 is 24.7 Å². The Hall–Kier alpha value is -0.820. The molecule has 1 amide bonds. The van der Waals surface area contributed by atoms with Gasteiger partial charge in [0.05, 0.1) is 6.54 Å². The van der Waals surface area contributed by atoms with Gasteiger partial charge >= 0.3 is 6.18 Å². The molecule has 4 N–H and O–H groups in total. The molecule has 0 radical (unpaired) electrons. The Bertz CT molecular complexity index is 302. The van der Waals surface area contributed by atoms with Crippen molar-refractivity contribution in [2.45, 2.75) is 50.8 Å². The summed E-state index contributed by atoms with van der Waals surface area (Å²) in [6, 6.07) is 0. The highest BCUT2D eigenvalue weighted by atomic mass is 19.4. The summed E-state index contributed by atoms with van der Waals surface area (Å²) < 4.78 is 36.2. The van der Waals surface area contributed by atoms with Gasteiger partial charge in [0, 0.05) is 6.42 Å². The maximum Gasteiger partial charge on any atom is 0.416 e. The van der Waals surface area contributed by atoms with E-state index in [1.165, 1.54) is 0 Å². The third kappa shape index (κ3) is 4.99. The lowest BCUT2D eigenvalue weighted by molar-refractivity contribution is -0.201. The lowest BCUT2D eigenvalue weighted by Crippen LogP contribution is -2.43. The zero-order valence-corrected chi connectivity index (χ0v) is 10.8. The van der Waals surface area contributed by atoms with Crippen molar-refractivity contribution < 1.29 is 23.1 Å². The number of carbonyl (C=O) groups excluding carboxylic acids is 1. The highest BCUT2D eigenvalue weighted by Crippen LogP contribution is 2.38. The van der Waals surface area contributed by atoms with Gasteiger partial charge in [-0.15, -0.1) is 0 Å². The molecule has 1 atom stereocenters. The van der Waals surface area contributed by atoms with E-state index in [-0.39, 0.29) is 11.8 Å². The molecule has 1 rings (SSSR count). The first-order valence-electron chi connectivity index (χ1n) is 6.51. The van der Waals surface area contributed by atoms with Crippen LogP contribution in [0.15, 0.2) is 0 Å². The molecule has 7 heteroatoms. The third-order valence-corrected chi connectivity index (χ3v) is 3.75. The minimum Gasteiger partial charge on any atom is -0.382 e. The minimum atomic E-state index is -4.70. The predicted octanol–water partition coefficient (Wildman–Crippen LogP) is 1.33. The van der Waals surface area contributed by atoms with Crippen LogP contribution in [0.25, 0.3) is 0 Å². The number of amides is 1. The fourth-order valence-corrected chi connectivity index (χ4v) is 2.48. The van der Waals surface area contributed by atoms with Gasteiger partial charge in [-0.25, -0.2) is 0 Å². The third-order valence-electron chi connectivity index (χ3n) is 3.75. The first-order chi connectivity index (χ1) is 8.79. The van der Waals surface area contributed by atoms with Gasteiger partial charge in [0.2, 0.25) is 5.91 Å². The number of alkyl halides is 3. The Morgan fingerprint density at radius 1 is 1.32 bits per heavy atom. The molecule has 1 saturated carbocycles. The normalized spacial score (nSPS) is 20.9. The first kappa shape index (κ1) is 16.2. The molecule has 1 aliphatic rings. The van der Waals surface area contributed by atoms with E-state index in [0.717, 1.165) is 32.1 Å². The van der Waals surface area contributed by atoms with Crippen LogP contribution in [0.3, 0.4) is 0 Å². The summed E-state index contributed by atoms with van der Waals surface area (Å²) >= 11 is 0. The van der Waals surface area contributed by atoms with Crippen LogP contribution in [0.1, 0.15) is 38.5 Å². The summed E-state index contributed by atoms with van der Waals surface area (Å²) in [4.78, 5) is 11.7. The van der Waals surface area contributed by atoms with Crippen LogP contribution >= 0.6 is 0 Å². The maximum atomic E-state index is 12.1. The van der Waals surface area contributed by atoms with Gasteiger partial charge < -0.3 is 16.2 Å². The van der Waals surface area contributed by atoms with Crippen molar-refractivity contribution in [3.05, 3.63) is 0 Å². The van der Waals surface area contributed by atoms with Crippen LogP contribution in [0.5, 0.6) is 0 Å². The van der Waals surface area contributed by atoms with E-state index in [4.69, 9.17) is 10.8 Å². The van der Waals surface area contributed by atoms with Gasteiger partial charge in [-0.1, -0.05) is 19.3 Å². The van der Waals surface area contributed by atoms with Crippen molar-refractivity contribution in [3.8, 4) is 0 Å².